The minimum Gasteiger partial charge on any atom is -0.0687 e. The molecule has 0 nitrogen and oxygen atoms in total. The topological polar surface area (TPSA) is 0 Å². The first-order valence-electron chi connectivity index (χ1n) is 23.2. The molecule has 12 aromatic carbocycles. The van der Waals surface area contributed by atoms with Gasteiger partial charge in [-0.1, -0.05) is 228 Å². The van der Waals surface area contributed by atoms with Crippen molar-refractivity contribution in [2.24, 2.45) is 0 Å². The van der Waals surface area contributed by atoms with Crippen molar-refractivity contribution in [3.05, 3.63) is 229 Å². The molecule has 0 heterocycles. The van der Waals surface area contributed by atoms with Crippen LogP contribution < -0.4 is 0 Å². The van der Waals surface area contributed by atoms with Gasteiger partial charge in [0, 0.05) is 5.92 Å². The predicted molar refractivity (Wildman–Crippen MR) is 281 cm³/mol. The zero-order chi connectivity index (χ0) is 43.3. The monoisotopic (exact) mass is 818 g/mol. The van der Waals surface area contributed by atoms with E-state index in [2.05, 4.69) is 212 Å². The molecule has 306 valence electrons. The summed E-state index contributed by atoms with van der Waals surface area (Å²) < 4.78 is 0. The van der Waals surface area contributed by atoms with Gasteiger partial charge in [0.1, 0.15) is 0 Å². The fraction of sp³-hybridized carbons (Fsp3) is 0.0938. The predicted octanol–water partition coefficient (Wildman–Crippen LogP) is 18.7. The highest BCUT2D eigenvalue weighted by molar-refractivity contribution is 6.26. The van der Waals surface area contributed by atoms with Gasteiger partial charge in [-0.15, -0.1) is 0 Å². The second-order valence-corrected chi connectivity index (χ2v) is 16.8. The van der Waals surface area contributed by atoms with E-state index in [1.54, 1.807) is 0 Å². The lowest BCUT2D eigenvalue weighted by molar-refractivity contribution is 0.880. The Morgan fingerprint density at radius 1 is 0.328 bits per heavy atom. The van der Waals surface area contributed by atoms with Gasteiger partial charge in [-0.05, 0) is 144 Å². The van der Waals surface area contributed by atoms with Gasteiger partial charge in [0.25, 0.3) is 0 Å². The van der Waals surface area contributed by atoms with Crippen molar-refractivity contribution in [2.75, 3.05) is 0 Å². The Bertz CT molecular complexity index is 3700. The van der Waals surface area contributed by atoms with Crippen molar-refractivity contribution in [3.8, 4) is 22.3 Å². The van der Waals surface area contributed by atoms with E-state index >= 15 is 0 Å². The molecule has 0 radical (unpaired) electrons. The van der Waals surface area contributed by atoms with Crippen molar-refractivity contribution in [2.45, 2.75) is 40.0 Å². The van der Waals surface area contributed by atoms with Crippen LogP contribution in [0.25, 0.3) is 109 Å². The molecular weight excluding hydrogens is 769 g/mol. The molecule has 1 aliphatic carbocycles. The maximum Gasteiger partial charge on any atom is 0.00739 e. The van der Waals surface area contributed by atoms with E-state index in [9.17, 15) is 0 Å². The minimum atomic E-state index is 0.196. The summed E-state index contributed by atoms with van der Waals surface area (Å²) in [5.41, 5.74) is 11.5. The zero-order valence-electron chi connectivity index (χ0n) is 37.0. The second-order valence-electron chi connectivity index (χ2n) is 16.8. The van der Waals surface area contributed by atoms with Crippen LogP contribution in [0.3, 0.4) is 0 Å². The van der Waals surface area contributed by atoms with E-state index in [-0.39, 0.29) is 5.92 Å². The van der Waals surface area contributed by atoms with Crippen molar-refractivity contribution in [3.63, 3.8) is 0 Å². The van der Waals surface area contributed by atoms with Crippen LogP contribution in [0.1, 0.15) is 56.7 Å². The van der Waals surface area contributed by atoms with Crippen LogP contribution in [-0.2, 0) is 0 Å². The van der Waals surface area contributed by atoms with E-state index in [0.29, 0.717) is 0 Å². The summed E-state index contributed by atoms with van der Waals surface area (Å²) in [4.78, 5) is 0. The number of fused-ring (bicyclic) bond motifs is 1. The standard InChI is InChI=1S/C60H38.2C2H6/c1-2-7-46-33-49(23-18-37(46)6-1)48-13-5-12-47(32-48)38-14-16-39(17-15-38)50-34-51(53-28-24-44-21-19-40-8-3-10-42-26-30-55(53)59(44)57(40)42)36-52(35-50)54-29-25-45-22-20-41-9-4-11-43-27-31-56(54)60(45)58(41)43;2*1-2/h1-34,36,52H,35H2;2*1-2H3. The van der Waals surface area contributed by atoms with Gasteiger partial charge >= 0.3 is 0 Å². The highest BCUT2D eigenvalue weighted by atomic mass is 14.3. The molecule has 1 aliphatic rings. The fourth-order valence-electron chi connectivity index (χ4n) is 10.6. The Morgan fingerprint density at radius 2 is 0.781 bits per heavy atom. The maximum absolute atomic E-state index is 2.56. The number of hydrogen-bond acceptors (Lipinski definition) is 0. The lowest BCUT2D eigenvalue weighted by Gasteiger charge is -2.26. The number of rotatable bonds is 5. The maximum atomic E-state index is 2.56. The molecule has 12 aromatic rings. The third-order valence-corrected chi connectivity index (χ3v) is 13.5. The van der Waals surface area contributed by atoms with Crippen LogP contribution >= 0.6 is 0 Å². The number of hydrogen-bond donors (Lipinski definition) is 0. The summed E-state index contributed by atoms with van der Waals surface area (Å²) >= 11 is 0. The molecule has 64 heavy (non-hydrogen) atoms. The molecule has 0 aliphatic heterocycles. The lowest BCUT2D eigenvalue weighted by Crippen LogP contribution is -2.05. The first-order valence-corrected chi connectivity index (χ1v) is 23.2. The minimum absolute atomic E-state index is 0.196. The van der Waals surface area contributed by atoms with Crippen molar-refractivity contribution < 1.29 is 0 Å². The molecule has 1 unspecified atom stereocenters. The average molecular weight is 819 g/mol. The quantitative estimate of drug-likeness (QED) is 0.152. The molecule has 0 heteroatoms. The van der Waals surface area contributed by atoms with Crippen LogP contribution in [0.15, 0.2) is 212 Å². The highest BCUT2D eigenvalue weighted by Crippen LogP contribution is 2.46. The Morgan fingerprint density at radius 3 is 1.45 bits per heavy atom. The van der Waals surface area contributed by atoms with Gasteiger partial charge < -0.3 is 0 Å². The van der Waals surface area contributed by atoms with Crippen LogP contribution in [0.2, 0.25) is 0 Å². The molecule has 0 bridgehead atoms. The van der Waals surface area contributed by atoms with Crippen LogP contribution in [0, 0.1) is 0 Å². The normalized spacial score (nSPS) is 13.9. The molecule has 0 amide bonds. The van der Waals surface area contributed by atoms with Crippen molar-refractivity contribution >= 4 is 86.6 Å². The van der Waals surface area contributed by atoms with E-state index < -0.39 is 0 Å². The summed E-state index contributed by atoms with van der Waals surface area (Å²) in [6.07, 6.45) is 5.97. The molecule has 0 fully saturated rings. The second kappa shape index (κ2) is 16.3. The van der Waals surface area contributed by atoms with Crippen molar-refractivity contribution in [1.82, 2.24) is 0 Å². The van der Waals surface area contributed by atoms with Gasteiger partial charge in [-0.25, -0.2) is 0 Å². The summed E-state index contributed by atoms with van der Waals surface area (Å²) in [7, 11) is 0. The summed E-state index contributed by atoms with van der Waals surface area (Å²) in [5.74, 6) is 0.196. The first-order chi connectivity index (χ1) is 31.7. The van der Waals surface area contributed by atoms with Crippen LogP contribution in [0.5, 0.6) is 0 Å². The molecule has 0 aromatic heterocycles. The molecule has 0 saturated carbocycles. The Hall–Kier alpha value is -7.54. The first kappa shape index (κ1) is 39.3. The fourth-order valence-corrected chi connectivity index (χ4v) is 10.6. The highest BCUT2D eigenvalue weighted by Gasteiger charge is 2.24. The van der Waals surface area contributed by atoms with Gasteiger partial charge in [0.05, 0.1) is 0 Å². The summed E-state index contributed by atoms with van der Waals surface area (Å²) in [5, 5.41) is 18.5. The summed E-state index contributed by atoms with van der Waals surface area (Å²) in [6.45, 7) is 8.00. The number of benzene rings is 12. The average Bonchev–Trinajstić information content (AvgIpc) is 3.38. The van der Waals surface area contributed by atoms with E-state index in [0.717, 1.165) is 6.42 Å². The Labute approximate surface area is 376 Å². The number of allylic oxidation sites excluding steroid dienone is 4. The lowest BCUT2D eigenvalue weighted by atomic mass is 9.78. The van der Waals surface area contributed by atoms with Gasteiger partial charge in [0.2, 0.25) is 0 Å². The smallest absolute Gasteiger partial charge is 0.00739 e. The van der Waals surface area contributed by atoms with Crippen LogP contribution in [0.4, 0.5) is 0 Å². The van der Waals surface area contributed by atoms with Gasteiger partial charge in [-0.3, -0.25) is 0 Å². The van der Waals surface area contributed by atoms with Gasteiger partial charge in [0.15, 0.2) is 0 Å². The Kier molecular flexibility index (Phi) is 10.0. The van der Waals surface area contributed by atoms with E-state index in [1.165, 1.54) is 125 Å². The molecular formula is C64H50. The molecule has 13 rings (SSSR count). The van der Waals surface area contributed by atoms with Crippen molar-refractivity contribution in [1.29, 1.82) is 0 Å². The molecule has 1 atom stereocenters. The van der Waals surface area contributed by atoms with E-state index in [1.807, 2.05) is 27.7 Å². The molecule has 0 spiro atoms. The molecule has 0 saturated heterocycles. The third-order valence-electron chi connectivity index (χ3n) is 13.5. The van der Waals surface area contributed by atoms with Gasteiger partial charge in [-0.2, -0.15) is 0 Å². The van der Waals surface area contributed by atoms with Crippen LogP contribution in [-0.4, -0.2) is 0 Å². The SMILES string of the molecule is C1=C(c2ccc(-c3cccc(-c4ccc5ccccc5c4)c3)cc2)CC(c2ccc3ccc4cccc5ccc2c3c45)C=C1c1ccc2ccc3cccc4ccc1c2c34.CC.CC. The molecule has 0 N–H and O–H groups in total. The third kappa shape index (κ3) is 6.52. The summed E-state index contributed by atoms with van der Waals surface area (Å²) in [6, 6.07) is 75.0. The largest absolute Gasteiger partial charge is 0.0687 e. The Balaban J connectivity index is 0.00000111. The van der Waals surface area contributed by atoms with E-state index in [4.69, 9.17) is 0 Å². The zero-order valence-corrected chi connectivity index (χ0v) is 37.0.